The molecule has 5 nitrogen and oxygen atoms in total. The van der Waals surface area contributed by atoms with Gasteiger partial charge in [-0.25, -0.2) is 8.42 Å². The molecule has 18 heavy (non-hydrogen) atoms. The van der Waals surface area contributed by atoms with Crippen molar-refractivity contribution in [3.05, 3.63) is 35.4 Å². The maximum atomic E-state index is 11.8. The van der Waals surface area contributed by atoms with Crippen molar-refractivity contribution < 1.29 is 17.9 Å². The van der Waals surface area contributed by atoms with Gasteiger partial charge < -0.3 is 10.5 Å². The summed E-state index contributed by atoms with van der Waals surface area (Å²) in [6, 6.07) is 7.01. The molecule has 0 aliphatic rings. The van der Waals surface area contributed by atoms with E-state index in [1.807, 2.05) is 0 Å². The van der Waals surface area contributed by atoms with Gasteiger partial charge in [-0.05, 0) is 18.1 Å². The van der Waals surface area contributed by atoms with Crippen LogP contribution in [0.1, 0.15) is 18.1 Å². The van der Waals surface area contributed by atoms with E-state index in [4.69, 9.17) is 5.73 Å². The average Bonchev–Trinajstić information content (AvgIpc) is 2.28. The van der Waals surface area contributed by atoms with Crippen LogP contribution in [0.4, 0.5) is 0 Å². The number of rotatable bonds is 6. The average molecular weight is 271 g/mol. The van der Waals surface area contributed by atoms with Crippen LogP contribution in [0.5, 0.6) is 0 Å². The summed E-state index contributed by atoms with van der Waals surface area (Å²) >= 11 is 0. The van der Waals surface area contributed by atoms with Gasteiger partial charge in [0, 0.05) is 6.54 Å². The lowest BCUT2D eigenvalue weighted by atomic mass is 10.1. The van der Waals surface area contributed by atoms with Crippen LogP contribution in [0.15, 0.2) is 24.3 Å². The van der Waals surface area contributed by atoms with Crippen molar-refractivity contribution in [3.8, 4) is 0 Å². The van der Waals surface area contributed by atoms with Crippen molar-refractivity contribution in [1.29, 1.82) is 0 Å². The van der Waals surface area contributed by atoms with Crippen LogP contribution < -0.4 is 5.73 Å². The standard InChI is InChI=1S/C12H17NO4S/c1-2-17-12(14)9-18(15,16)8-11-6-4-3-5-10(11)7-13/h3-6H,2,7-9,13H2,1H3. The van der Waals surface area contributed by atoms with Gasteiger partial charge in [0.15, 0.2) is 9.84 Å². The van der Waals surface area contributed by atoms with E-state index in [9.17, 15) is 13.2 Å². The van der Waals surface area contributed by atoms with E-state index in [2.05, 4.69) is 4.74 Å². The van der Waals surface area contributed by atoms with Gasteiger partial charge in [-0.15, -0.1) is 0 Å². The van der Waals surface area contributed by atoms with Gasteiger partial charge in [0.05, 0.1) is 12.4 Å². The highest BCUT2D eigenvalue weighted by atomic mass is 32.2. The lowest BCUT2D eigenvalue weighted by molar-refractivity contribution is -0.139. The molecule has 0 spiro atoms. The first kappa shape index (κ1) is 14.7. The highest BCUT2D eigenvalue weighted by molar-refractivity contribution is 7.91. The molecular weight excluding hydrogens is 254 g/mol. The van der Waals surface area contributed by atoms with Gasteiger partial charge in [0.1, 0.15) is 5.75 Å². The second-order valence-electron chi connectivity index (χ2n) is 3.81. The Bertz CT molecular complexity index is 511. The second kappa shape index (κ2) is 6.51. The van der Waals surface area contributed by atoms with E-state index < -0.39 is 21.6 Å². The molecule has 0 aliphatic carbocycles. The molecule has 1 aromatic carbocycles. The molecule has 0 aliphatic heterocycles. The molecule has 0 radical (unpaired) electrons. The highest BCUT2D eigenvalue weighted by Crippen LogP contribution is 2.12. The minimum Gasteiger partial charge on any atom is -0.465 e. The predicted molar refractivity (Wildman–Crippen MR) is 68.5 cm³/mol. The Morgan fingerprint density at radius 3 is 2.44 bits per heavy atom. The molecule has 1 rings (SSSR count). The van der Waals surface area contributed by atoms with Crippen LogP contribution in [0.25, 0.3) is 0 Å². The third-order valence-corrected chi connectivity index (χ3v) is 3.78. The fraction of sp³-hybridized carbons (Fsp3) is 0.417. The Morgan fingerprint density at radius 1 is 1.28 bits per heavy atom. The lowest BCUT2D eigenvalue weighted by Crippen LogP contribution is -2.20. The van der Waals surface area contributed by atoms with Crippen molar-refractivity contribution >= 4 is 15.8 Å². The van der Waals surface area contributed by atoms with Gasteiger partial charge in [-0.1, -0.05) is 24.3 Å². The van der Waals surface area contributed by atoms with E-state index >= 15 is 0 Å². The molecular formula is C12H17NO4S. The summed E-state index contributed by atoms with van der Waals surface area (Å²) in [5.74, 6) is -1.51. The molecule has 0 heterocycles. The topological polar surface area (TPSA) is 86.5 Å². The van der Waals surface area contributed by atoms with Crippen molar-refractivity contribution in [1.82, 2.24) is 0 Å². The summed E-state index contributed by atoms with van der Waals surface area (Å²) in [4.78, 5) is 11.2. The SMILES string of the molecule is CCOC(=O)CS(=O)(=O)Cc1ccccc1CN. The normalized spacial score (nSPS) is 11.2. The first-order valence-corrected chi connectivity index (χ1v) is 7.43. The largest absolute Gasteiger partial charge is 0.465 e. The molecule has 0 amide bonds. The van der Waals surface area contributed by atoms with E-state index in [0.717, 1.165) is 5.56 Å². The summed E-state index contributed by atoms with van der Waals surface area (Å²) in [5, 5.41) is 0. The first-order chi connectivity index (χ1) is 8.48. The minimum atomic E-state index is -3.52. The van der Waals surface area contributed by atoms with Crippen molar-refractivity contribution in [3.63, 3.8) is 0 Å². The number of nitrogens with two attached hydrogens (primary N) is 1. The summed E-state index contributed by atoms with van der Waals surface area (Å²) in [7, 11) is -3.52. The zero-order valence-electron chi connectivity index (χ0n) is 10.3. The fourth-order valence-electron chi connectivity index (χ4n) is 1.57. The molecule has 2 N–H and O–H groups in total. The molecule has 0 atom stereocenters. The summed E-state index contributed by atoms with van der Waals surface area (Å²) in [6.07, 6.45) is 0. The second-order valence-corrected chi connectivity index (χ2v) is 5.87. The first-order valence-electron chi connectivity index (χ1n) is 5.61. The number of benzene rings is 1. The van der Waals surface area contributed by atoms with Crippen LogP contribution in [0.3, 0.4) is 0 Å². The Morgan fingerprint density at radius 2 is 1.89 bits per heavy atom. The third-order valence-electron chi connectivity index (χ3n) is 2.36. The molecule has 0 fully saturated rings. The lowest BCUT2D eigenvalue weighted by Gasteiger charge is -2.08. The van der Waals surface area contributed by atoms with E-state index in [0.29, 0.717) is 5.56 Å². The Labute approximate surface area is 107 Å². The van der Waals surface area contributed by atoms with Crippen molar-refractivity contribution in [2.24, 2.45) is 5.73 Å². The molecule has 0 unspecified atom stereocenters. The number of esters is 1. The maximum absolute atomic E-state index is 11.8. The van der Waals surface area contributed by atoms with Crippen molar-refractivity contribution in [2.45, 2.75) is 19.2 Å². The maximum Gasteiger partial charge on any atom is 0.321 e. The van der Waals surface area contributed by atoms with E-state index in [-0.39, 0.29) is 18.9 Å². The Balaban J connectivity index is 2.79. The monoisotopic (exact) mass is 271 g/mol. The van der Waals surface area contributed by atoms with Crippen molar-refractivity contribution in [2.75, 3.05) is 12.4 Å². The molecule has 0 bridgehead atoms. The number of carbonyl (C=O) groups is 1. The smallest absolute Gasteiger partial charge is 0.321 e. The van der Waals surface area contributed by atoms with Gasteiger partial charge in [0.2, 0.25) is 0 Å². The van der Waals surface area contributed by atoms with Crippen LogP contribution in [0, 0.1) is 0 Å². The molecule has 1 aromatic rings. The molecule has 100 valence electrons. The Hall–Kier alpha value is -1.40. The molecule has 6 heteroatoms. The van der Waals surface area contributed by atoms with Gasteiger partial charge in [-0.2, -0.15) is 0 Å². The van der Waals surface area contributed by atoms with Crippen LogP contribution in [-0.2, 0) is 31.7 Å². The number of sulfone groups is 1. The quantitative estimate of drug-likeness (QED) is 0.767. The van der Waals surface area contributed by atoms with Crippen LogP contribution in [-0.4, -0.2) is 26.7 Å². The summed E-state index contributed by atoms with van der Waals surface area (Å²) in [6.45, 7) is 2.08. The molecule has 0 saturated heterocycles. The highest BCUT2D eigenvalue weighted by Gasteiger charge is 2.19. The fourth-order valence-corrected chi connectivity index (χ4v) is 2.87. The predicted octanol–water partition coefficient (Wildman–Crippen LogP) is 0.623. The molecule has 0 saturated carbocycles. The number of hydrogen-bond acceptors (Lipinski definition) is 5. The number of carbonyl (C=O) groups excluding carboxylic acids is 1. The number of ether oxygens (including phenoxy) is 1. The Kier molecular flexibility index (Phi) is 5.30. The summed E-state index contributed by atoms with van der Waals surface area (Å²) < 4.78 is 28.3. The van der Waals surface area contributed by atoms with Gasteiger partial charge >= 0.3 is 5.97 Å². The van der Waals surface area contributed by atoms with Crippen LogP contribution in [0.2, 0.25) is 0 Å². The van der Waals surface area contributed by atoms with E-state index in [1.165, 1.54) is 0 Å². The van der Waals surface area contributed by atoms with E-state index in [1.54, 1.807) is 31.2 Å². The third kappa shape index (κ3) is 4.46. The van der Waals surface area contributed by atoms with Gasteiger partial charge in [-0.3, -0.25) is 4.79 Å². The number of hydrogen-bond donors (Lipinski definition) is 1. The summed E-state index contributed by atoms with van der Waals surface area (Å²) in [5.41, 5.74) is 6.93. The zero-order chi connectivity index (χ0) is 13.6. The zero-order valence-corrected chi connectivity index (χ0v) is 11.1. The van der Waals surface area contributed by atoms with Gasteiger partial charge in [0.25, 0.3) is 0 Å². The minimum absolute atomic E-state index is 0.174. The van der Waals surface area contributed by atoms with Crippen LogP contribution >= 0.6 is 0 Å². The molecule has 0 aromatic heterocycles.